The van der Waals surface area contributed by atoms with Crippen LogP contribution >= 0.6 is 34.8 Å². The van der Waals surface area contributed by atoms with E-state index >= 15 is 0 Å². The lowest BCUT2D eigenvalue weighted by Crippen LogP contribution is -2.12. The number of ether oxygens (including phenoxy) is 1. The maximum atomic E-state index is 5.69. The smallest absolute Gasteiger partial charge is 0.320 e. The molecule has 0 aliphatic rings. The Labute approximate surface area is 109 Å². The summed E-state index contributed by atoms with van der Waals surface area (Å²) >= 11 is 17.1. The van der Waals surface area contributed by atoms with Crippen molar-refractivity contribution in [2.45, 2.75) is 30.5 Å². The average Bonchev–Trinajstić information content (AvgIpc) is 2.16. The van der Waals surface area contributed by atoms with E-state index in [1.165, 1.54) is 0 Å². The van der Waals surface area contributed by atoms with Crippen molar-refractivity contribution < 1.29 is 4.74 Å². The molecular weight excluding hydrogens is 272 g/mol. The van der Waals surface area contributed by atoms with Crippen molar-refractivity contribution in [3.05, 3.63) is 11.6 Å². The molecule has 1 aromatic heterocycles. The van der Waals surface area contributed by atoms with E-state index in [9.17, 15) is 0 Å². The lowest BCUT2D eigenvalue weighted by atomic mass is 10.4. The van der Waals surface area contributed by atoms with Crippen LogP contribution in [-0.2, 0) is 3.79 Å². The molecule has 0 aliphatic heterocycles. The summed E-state index contributed by atoms with van der Waals surface area (Å²) in [7, 11) is 0. The molecule has 0 aromatic carbocycles. The summed E-state index contributed by atoms with van der Waals surface area (Å²) in [6.07, 6.45) is 1.95. The number of alkyl halides is 3. The SMILES string of the molecule is CCCCOc1nc(C)nc(C(Cl)(Cl)Cl)n1. The lowest BCUT2D eigenvalue weighted by Gasteiger charge is -2.11. The van der Waals surface area contributed by atoms with E-state index in [1.807, 2.05) is 0 Å². The molecule has 1 heterocycles. The molecule has 7 heteroatoms. The van der Waals surface area contributed by atoms with Gasteiger partial charge < -0.3 is 4.74 Å². The summed E-state index contributed by atoms with van der Waals surface area (Å²) in [4.78, 5) is 11.9. The van der Waals surface area contributed by atoms with E-state index in [1.54, 1.807) is 6.92 Å². The highest BCUT2D eigenvalue weighted by Crippen LogP contribution is 2.36. The van der Waals surface area contributed by atoms with Crippen LogP contribution in [0.15, 0.2) is 0 Å². The Kier molecular flexibility index (Phi) is 5.02. The molecule has 0 fully saturated rings. The second-order valence-corrected chi connectivity index (χ2v) is 5.47. The fourth-order valence-electron chi connectivity index (χ4n) is 0.956. The van der Waals surface area contributed by atoms with E-state index in [0.29, 0.717) is 12.4 Å². The van der Waals surface area contributed by atoms with Gasteiger partial charge in [-0.15, -0.1) is 0 Å². The molecule has 4 nitrogen and oxygen atoms in total. The van der Waals surface area contributed by atoms with Gasteiger partial charge in [0.15, 0.2) is 5.82 Å². The predicted octanol–water partition coefficient (Wildman–Crippen LogP) is 3.19. The van der Waals surface area contributed by atoms with Gasteiger partial charge in [-0.2, -0.15) is 9.97 Å². The zero-order valence-corrected chi connectivity index (χ0v) is 11.3. The molecule has 0 spiro atoms. The number of hydrogen-bond donors (Lipinski definition) is 0. The number of rotatable bonds is 4. The Morgan fingerprint density at radius 3 is 2.44 bits per heavy atom. The fourth-order valence-corrected chi connectivity index (χ4v) is 1.21. The zero-order valence-electron chi connectivity index (χ0n) is 9.01. The third kappa shape index (κ3) is 4.28. The van der Waals surface area contributed by atoms with Crippen LogP contribution in [-0.4, -0.2) is 21.6 Å². The van der Waals surface area contributed by atoms with Gasteiger partial charge in [-0.05, 0) is 13.3 Å². The second kappa shape index (κ2) is 5.84. The third-order valence-electron chi connectivity index (χ3n) is 1.71. The minimum atomic E-state index is -1.66. The Bertz CT molecular complexity index is 354. The van der Waals surface area contributed by atoms with Crippen LogP contribution in [0.25, 0.3) is 0 Å². The number of unbranched alkanes of at least 4 members (excludes halogenated alkanes) is 1. The summed E-state index contributed by atoms with van der Waals surface area (Å²) in [5.74, 6) is 0.541. The van der Waals surface area contributed by atoms with Gasteiger partial charge in [-0.1, -0.05) is 48.1 Å². The summed E-state index contributed by atoms with van der Waals surface area (Å²) < 4.78 is 3.67. The van der Waals surface area contributed by atoms with Crippen molar-refractivity contribution in [1.82, 2.24) is 15.0 Å². The van der Waals surface area contributed by atoms with Crippen LogP contribution in [0, 0.1) is 6.92 Å². The molecule has 0 atom stereocenters. The largest absolute Gasteiger partial charge is 0.463 e. The van der Waals surface area contributed by atoms with Crippen LogP contribution in [0.1, 0.15) is 31.4 Å². The quantitative estimate of drug-likeness (QED) is 0.629. The number of hydrogen-bond acceptors (Lipinski definition) is 4. The Balaban J connectivity index is 2.82. The maximum absolute atomic E-state index is 5.69. The molecule has 0 radical (unpaired) electrons. The molecule has 90 valence electrons. The third-order valence-corrected chi connectivity index (χ3v) is 2.22. The molecule has 0 bridgehead atoms. The number of aromatic nitrogens is 3. The van der Waals surface area contributed by atoms with Crippen molar-refractivity contribution >= 4 is 34.8 Å². The highest BCUT2D eigenvalue weighted by Gasteiger charge is 2.28. The Morgan fingerprint density at radius 2 is 1.88 bits per heavy atom. The first-order chi connectivity index (χ1) is 7.43. The van der Waals surface area contributed by atoms with Gasteiger partial charge in [-0.25, -0.2) is 4.98 Å². The van der Waals surface area contributed by atoms with Gasteiger partial charge in [0.05, 0.1) is 6.61 Å². The van der Waals surface area contributed by atoms with E-state index in [0.717, 1.165) is 12.8 Å². The molecule has 0 aliphatic carbocycles. The monoisotopic (exact) mass is 283 g/mol. The van der Waals surface area contributed by atoms with E-state index in [2.05, 4.69) is 21.9 Å². The zero-order chi connectivity index (χ0) is 12.2. The molecular formula is C9H12Cl3N3O. The first kappa shape index (κ1) is 13.7. The van der Waals surface area contributed by atoms with Crippen molar-refractivity contribution in [3.63, 3.8) is 0 Å². The van der Waals surface area contributed by atoms with Crippen molar-refractivity contribution in [2.24, 2.45) is 0 Å². The predicted molar refractivity (Wildman–Crippen MR) is 64.2 cm³/mol. The van der Waals surface area contributed by atoms with Gasteiger partial charge in [0.1, 0.15) is 5.82 Å². The highest BCUT2D eigenvalue weighted by molar-refractivity contribution is 6.66. The van der Waals surface area contributed by atoms with Gasteiger partial charge in [0.25, 0.3) is 0 Å². The molecule has 1 rings (SSSR count). The molecule has 1 aromatic rings. The van der Waals surface area contributed by atoms with Gasteiger partial charge >= 0.3 is 6.01 Å². The number of nitrogens with zero attached hydrogens (tertiary/aromatic N) is 3. The maximum Gasteiger partial charge on any atom is 0.320 e. The minimum Gasteiger partial charge on any atom is -0.463 e. The minimum absolute atomic E-state index is 0.0801. The van der Waals surface area contributed by atoms with Crippen LogP contribution in [0.4, 0.5) is 0 Å². The standard InChI is InChI=1S/C9H12Cl3N3O/c1-3-4-5-16-8-14-6(2)13-7(15-8)9(10,11)12/h3-5H2,1-2H3. The summed E-state index contributed by atoms with van der Waals surface area (Å²) in [5, 5.41) is 0. The van der Waals surface area contributed by atoms with Crippen LogP contribution in [0.5, 0.6) is 6.01 Å². The van der Waals surface area contributed by atoms with Crippen molar-refractivity contribution in [2.75, 3.05) is 6.61 Å². The first-order valence-electron chi connectivity index (χ1n) is 4.86. The molecule has 16 heavy (non-hydrogen) atoms. The molecule has 0 saturated carbocycles. The second-order valence-electron chi connectivity index (χ2n) is 3.19. The van der Waals surface area contributed by atoms with E-state index < -0.39 is 3.79 Å². The van der Waals surface area contributed by atoms with E-state index in [-0.39, 0.29) is 11.8 Å². The van der Waals surface area contributed by atoms with Gasteiger partial charge in [0, 0.05) is 0 Å². The number of halogens is 3. The van der Waals surface area contributed by atoms with Crippen LogP contribution in [0.2, 0.25) is 0 Å². The fraction of sp³-hybridized carbons (Fsp3) is 0.667. The summed E-state index contributed by atoms with van der Waals surface area (Å²) in [6, 6.07) is 0.197. The molecule has 0 amide bonds. The Morgan fingerprint density at radius 1 is 1.19 bits per heavy atom. The number of aryl methyl sites for hydroxylation is 1. The molecule has 0 N–H and O–H groups in total. The van der Waals surface area contributed by atoms with Gasteiger partial charge in [0.2, 0.25) is 3.79 Å². The normalized spacial score (nSPS) is 11.6. The van der Waals surface area contributed by atoms with Gasteiger partial charge in [-0.3, -0.25) is 0 Å². The highest BCUT2D eigenvalue weighted by atomic mass is 35.6. The first-order valence-corrected chi connectivity index (χ1v) is 5.99. The molecule has 0 saturated heterocycles. The van der Waals surface area contributed by atoms with Crippen LogP contribution < -0.4 is 4.74 Å². The van der Waals surface area contributed by atoms with Crippen molar-refractivity contribution in [3.8, 4) is 6.01 Å². The topological polar surface area (TPSA) is 47.9 Å². The van der Waals surface area contributed by atoms with Crippen LogP contribution in [0.3, 0.4) is 0 Å². The molecule has 0 unspecified atom stereocenters. The summed E-state index contributed by atoms with van der Waals surface area (Å²) in [6.45, 7) is 4.29. The summed E-state index contributed by atoms with van der Waals surface area (Å²) in [5.41, 5.74) is 0. The van der Waals surface area contributed by atoms with E-state index in [4.69, 9.17) is 39.5 Å². The Hall–Kier alpha value is -0.320. The average molecular weight is 285 g/mol. The lowest BCUT2D eigenvalue weighted by molar-refractivity contribution is 0.282. The van der Waals surface area contributed by atoms with Crippen molar-refractivity contribution in [1.29, 1.82) is 0 Å².